The molecule has 0 fully saturated rings. The Morgan fingerprint density at radius 1 is 1.10 bits per heavy atom. The van der Waals surface area contributed by atoms with Gasteiger partial charge >= 0.3 is 0 Å². The number of amides is 1. The Hall–Kier alpha value is -2.07. The molecule has 5 rings (SSSR count). The van der Waals surface area contributed by atoms with Crippen molar-refractivity contribution < 1.29 is 13.2 Å². The molecule has 0 saturated carbocycles. The van der Waals surface area contributed by atoms with Crippen molar-refractivity contribution in [3.8, 4) is 0 Å². The average molecular weight is 460 g/mol. The molecule has 1 aliphatic heterocycles. The summed E-state index contributed by atoms with van der Waals surface area (Å²) in [5.74, 6) is -0.186. The highest BCUT2D eigenvalue weighted by Gasteiger charge is 2.31. The Morgan fingerprint density at radius 3 is 2.73 bits per heavy atom. The maximum atomic E-state index is 13.3. The summed E-state index contributed by atoms with van der Waals surface area (Å²) in [6.45, 7) is 0.690. The molecule has 30 heavy (non-hydrogen) atoms. The van der Waals surface area contributed by atoms with Gasteiger partial charge in [-0.15, -0.1) is 22.7 Å². The van der Waals surface area contributed by atoms with E-state index in [1.807, 2.05) is 23.6 Å². The summed E-state index contributed by atoms with van der Waals surface area (Å²) in [6.07, 6.45) is 4.81. The van der Waals surface area contributed by atoms with Crippen molar-refractivity contribution in [3.63, 3.8) is 0 Å². The summed E-state index contributed by atoms with van der Waals surface area (Å²) in [5, 5.41) is 5.20. The first-order valence-electron chi connectivity index (χ1n) is 9.96. The van der Waals surface area contributed by atoms with E-state index in [1.54, 1.807) is 12.1 Å². The Kier molecular flexibility index (Phi) is 5.22. The van der Waals surface area contributed by atoms with Gasteiger partial charge in [-0.2, -0.15) is 4.31 Å². The molecule has 0 spiro atoms. The highest BCUT2D eigenvalue weighted by Crippen LogP contribution is 2.32. The zero-order valence-electron chi connectivity index (χ0n) is 16.3. The number of fused-ring (bicyclic) bond motifs is 2. The van der Waals surface area contributed by atoms with Gasteiger partial charge in [-0.25, -0.2) is 13.4 Å². The van der Waals surface area contributed by atoms with Gasteiger partial charge in [0.05, 0.1) is 22.0 Å². The van der Waals surface area contributed by atoms with Crippen molar-refractivity contribution in [2.75, 3.05) is 11.9 Å². The van der Waals surface area contributed by atoms with Gasteiger partial charge in [-0.05, 0) is 60.4 Å². The second kappa shape index (κ2) is 7.88. The van der Waals surface area contributed by atoms with Gasteiger partial charge in [-0.3, -0.25) is 10.1 Å². The van der Waals surface area contributed by atoms with Gasteiger partial charge in [-0.1, -0.05) is 12.1 Å². The standard InChI is InChI=1S/C21H21N3O3S3/c25-20(18-6-3-11-28-18)23-21-22-17-9-10-24(13-19(17)29-21)30(26,27)16-8-7-14-4-1-2-5-15(14)12-16/h3,6-8,11-12H,1-2,4-5,9-10,13H2,(H,22,23,25). The first-order valence-corrected chi connectivity index (χ1v) is 13.1. The summed E-state index contributed by atoms with van der Waals surface area (Å²) >= 11 is 2.73. The number of thiazole rings is 1. The van der Waals surface area contributed by atoms with Crippen molar-refractivity contribution in [1.29, 1.82) is 0 Å². The fourth-order valence-electron chi connectivity index (χ4n) is 4.02. The number of anilines is 1. The van der Waals surface area contributed by atoms with Crippen molar-refractivity contribution in [2.45, 2.75) is 43.5 Å². The fourth-order valence-corrected chi connectivity index (χ4v) is 7.20. The third kappa shape index (κ3) is 3.71. The van der Waals surface area contributed by atoms with Crippen LogP contribution in [0.3, 0.4) is 0 Å². The van der Waals surface area contributed by atoms with Crippen LogP contribution in [0.5, 0.6) is 0 Å². The van der Waals surface area contributed by atoms with Crippen molar-refractivity contribution in [2.24, 2.45) is 0 Å². The molecule has 0 saturated heterocycles. The number of carbonyl (C=O) groups excluding carboxylic acids is 1. The van der Waals surface area contributed by atoms with E-state index < -0.39 is 10.0 Å². The van der Waals surface area contributed by atoms with Crippen molar-refractivity contribution in [1.82, 2.24) is 9.29 Å². The van der Waals surface area contributed by atoms with Crippen molar-refractivity contribution >= 4 is 43.7 Å². The lowest BCUT2D eigenvalue weighted by atomic mass is 9.92. The Morgan fingerprint density at radius 2 is 1.93 bits per heavy atom. The first-order chi connectivity index (χ1) is 14.5. The molecule has 0 unspecified atom stereocenters. The molecule has 0 bridgehead atoms. The molecular weight excluding hydrogens is 438 g/mol. The maximum Gasteiger partial charge on any atom is 0.267 e. The smallest absolute Gasteiger partial charge is 0.267 e. The minimum absolute atomic E-state index is 0.186. The number of nitrogens with one attached hydrogen (secondary N) is 1. The van der Waals surface area contributed by atoms with Crippen LogP contribution in [0.1, 0.15) is 44.2 Å². The Balaban J connectivity index is 1.35. The van der Waals surface area contributed by atoms with E-state index in [0.717, 1.165) is 35.4 Å². The molecule has 2 aromatic heterocycles. The average Bonchev–Trinajstić information content (AvgIpc) is 3.42. The molecule has 2 aliphatic rings. The number of benzene rings is 1. The van der Waals surface area contributed by atoms with Gasteiger partial charge in [0, 0.05) is 17.8 Å². The van der Waals surface area contributed by atoms with Crippen LogP contribution >= 0.6 is 22.7 Å². The number of sulfonamides is 1. The van der Waals surface area contributed by atoms with Gasteiger partial charge in [0.15, 0.2) is 5.13 Å². The zero-order valence-corrected chi connectivity index (χ0v) is 18.7. The highest BCUT2D eigenvalue weighted by molar-refractivity contribution is 7.89. The fraction of sp³-hybridized carbons (Fsp3) is 0.333. The van der Waals surface area contributed by atoms with Crippen LogP contribution in [-0.4, -0.2) is 30.2 Å². The van der Waals surface area contributed by atoms with E-state index >= 15 is 0 Å². The lowest BCUT2D eigenvalue weighted by Crippen LogP contribution is -2.35. The number of rotatable bonds is 4. The number of thiophene rings is 1. The van der Waals surface area contributed by atoms with Gasteiger partial charge < -0.3 is 0 Å². The van der Waals surface area contributed by atoms with Crippen LogP contribution in [0.2, 0.25) is 0 Å². The molecule has 6 nitrogen and oxygen atoms in total. The van der Waals surface area contributed by atoms with E-state index in [2.05, 4.69) is 10.3 Å². The summed E-state index contributed by atoms with van der Waals surface area (Å²) in [5.41, 5.74) is 3.31. The van der Waals surface area contributed by atoms with Gasteiger partial charge in [0.1, 0.15) is 0 Å². The van der Waals surface area contributed by atoms with Crippen LogP contribution in [0, 0.1) is 0 Å². The molecule has 0 radical (unpaired) electrons. The second-order valence-electron chi connectivity index (χ2n) is 7.55. The van der Waals surface area contributed by atoms with Crippen LogP contribution in [0.4, 0.5) is 5.13 Å². The number of nitrogens with zero attached hydrogens (tertiary/aromatic N) is 2. The van der Waals surface area contributed by atoms with Gasteiger partial charge in [0.25, 0.3) is 5.91 Å². The largest absolute Gasteiger partial charge is 0.297 e. The topological polar surface area (TPSA) is 79.4 Å². The Bertz CT molecular complexity index is 1200. The predicted molar refractivity (Wildman–Crippen MR) is 119 cm³/mol. The lowest BCUT2D eigenvalue weighted by molar-refractivity contribution is 0.103. The summed E-state index contributed by atoms with van der Waals surface area (Å²) in [4.78, 5) is 18.7. The van der Waals surface area contributed by atoms with Crippen LogP contribution in [0.25, 0.3) is 0 Å². The molecule has 0 atom stereocenters. The summed E-state index contributed by atoms with van der Waals surface area (Å²) in [7, 11) is -3.56. The second-order valence-corrected chi connectivity index (χ2v) is 11.5. The highest BCUT2D eigenvalue weighted by atomic mass is 32.2. The van der Waals surface area contributed by atoms with Crippen LogP contribution < -0.4 is 5.32 Å². The minimum Gasteiger partial charge on any atom is -0.297 e. The molecule has 1 aliphatic carbocycles. The Labute approximate surface area is 183 Å². The predicted octanol–water partition coefficient (Wildman–Crippen LogP) is 4.08. The monoisotopic (exact) mass is 459 g/mol. The zero-order chi connectivity index (χ0) is 20.7. The number of carbonyl (C=O) groups is 1. The van der Waals surface area contributed by atoms with Crippen LogP contribution in [-0.2, 0) is 35.8 Å². The number of aromatic nitrogens is 1. The molecule has 1 aromatic carbocycles. The van der Waals surface area contributed by atoms with E-state index in [1.165, 1.54) is 39.0 Å². The summed E-state index contributed by atoms with van der Waals surface area (Å²) < 4.78 is 28.1. The summed E-state index contributed by atoms with van der Waals surface area (Å²) in [6, 6.07) is 9.17. The number of hydrogen-bond donors (Lipinski definition) is 1. The van der Waals surface area contributed by atoms with Crippen LogP contribution in [0.15, 0.2) is 40.6 Å². The number of aryl methyl sites for hydroxylation is 2. The van der Waals surface area contributed by atoms with E-state index in [4.69, 9.17) is 0 Å². The maximum absolute atomic E-state index is 13.3. The van der Waals surface area contributed by atoms with Crippen molar-refractivity contribution in [3.05, 3.63) is 62.3 Å². The van der Waals surface area contributed by atoms with E-state index in [-0.39, 0.29) is 5.91 Å². The minimum atomic E-state index is -3.56. The first kappa shape index (κ1) is 19.9. The van der Waals surface area contributed by atoms with E-state index in [9.17, 15) is 13.2 Å². The third-order valence-electron chi connectivity index (χ3n) is 5.62. The third-order valence-corrected chi connectivity index (χ3v) is 9.33. The van der Waals surface area contributed by atoms with Gasteiger partial charge in [0.2, 0.25) is 10.0 Å². The lowest BCUT2D eigenvalue weighted by Gasteiger charge is -2.26. The molecule has 9 heteroatoms. The quantitative estimate of drug-likeness (QED) is 0.638. The molecule has 1 amide bonds. The number of hydrogen-bond acceptors (Lipinski definition) is 6. The molecule has 3 heterocycles. The molecular formula is C21H21N3O3S3. The van der Waals surface area contributed by atoms with E-state index in [0.29, 0.717) is 34.4 Å². The normalized spacial score (nSPS) is 16.7. The molecule has 156 valence electrons. The molecule has 3 aromatic rings. The molecule has 1 N–H and O–H groups in total. The SMILES string of the molecule is O=C(Nc1nc2c(s1)CN(S(=O)(=O)c1ccc3c(c1)CCCC3)CC2)c1cccs1.